The number of halogens is 2. The summed E-state index contributed by atoms with van der Waals surface area (Å²) in [5, 5.41) is 13.0. The van der Waals surface area contributed by atoms with Crippen LogP contribution in [0.1, 0.15) is 28.8 Å². The normalized spacial score (nSPS) is 13.6. The van der Waals surface area contributed by atoms with Crippen molar-refractivity contribution in [3.05, 3.63) is 71.7 Å². The van der Waals surface area contributed by atoms with E-state index in [1.807, 2.05) is 18.2 Å². The average molecular weight is 521 g/mol. The van der Waals surface area contributed by atoms with Gasteiger partial charge in [-0.3, -0.25) is 9.78 Å². The van der Waals surface area contributed by atoms with E-state index in [0.29, 0.717) is 46.8 Å². The third-order valence-electron chi connectivity index (χ3n) is 6.33. The maximum Gasteiger partial charge on any atom is 0.253 e. The van der Waals surface area contributed by atoms with Crippen LogP contribution in [-0.4, -0.2) is 49.1 Å². The van der Waals surface area contributed by atoms with Gasteiger partial charge in [-0.1, -0.05) is 12.1 Å². The van der Waals surface area contributed by atoms with E-state index in [4.69, 9.17) is 9.15 Å². The number of pyridine rings is 1. The first-order valence-electron chi connectivity index (χ1n) is 11.7. The van der Waals surface area contributed by atoms with Crippen molar-refractivity contribution >= 4 is 35.1 Å². The Morgan fingerprint density at radius 2 is 1.84 bits per heavy atom. The van der Waals surface area contributed by atoms with Crippen LogP contribution in [0, 0.1) is 17.1 Å². The summed E-state index contributed by atoms with van der Waals surface area (Å²) in [6.45, 7) is 1.23. The molecular formula is C28H26ClFN4O3. The van der Waals surface area contributed by atoms with Gasteiger partial charge in [-0.25, -0.2) is 4.39 Å². The minimum absolute atomic E-state index is 0. The van der Waals surface area contributed by atoms with Crippen LogP contribution in [0.4, 0.5) is 10.1 Å². The first-order valence-corrected chi connectivity index (χ1v) is 11.7. The molecule has 1 saturated heterocycles. The maximum absolute atomic E-state index is 15.2. The molecule has 0 aliphatic carbocycles. The quantitative estimate of drug-likeness (QED) is 0.353. The zero-order valence-corrected chi connectivity index (χ0v) is 21.3. The highest BCUT2D eigenvalue weighted by molar-refractivity contribution is 5.95. The van der Waals surface area contributed by atoms with Gasteiger partial charge in [-0.05, 0) is 48.7 Å². The number of anilines is 1. The van der Waals surface area contributed by atoms with E-state index in [0.717, 1.165) is 18.4 Å². The van der Waals surface area contributed by atoms with Gasteiger partial charge in [0.25, 0.3) is 5.91 Å². The molecule has 9 heteroatoms. The van der Waals surface area contributed by atoms with Gasteiger partial charge in [-0.15, -0.1) is 12.4 Å². The van der Waals surface area contributed by atoms with E-state index in [9.17, 15) is 10.1 Å². The summed E-state index contributed by atoms with van der Waals surface area (Å²) >= 11 is 0. The third kappa shape index (κ3) is 5.29. The second-order valence-corrected chi connectivity index (χ2v) is 8.98. The minimum Gasteiger partial charge on any atom is -0.454 e. The Balaban J connectivity index is 0.00000320. The molecule has 1 amide bonds. The van der Waals surface area contributed by atoms with Crippen molar-refractivity contribution in [2.24, 2.45) is 0 Å². The number of nitriles is 1. The number of benzene rings is 2. The second kappa shape index (κ2) is 11.0. The van der Waals surface area contributed by atoms with Gasteiger partial charge in [-0.2, -0.15) is 5.26 Å². The standard InChI is InChI=1S/C28H25FN4O3.ClH/c1-33(2)28(34)18-5-3-17(4-6-18)25-15-24-27(36-25)22(7-10-31-24)19-13-20(16-30)26(23(29)14-19)32-21-8-11-35-12-9-21;/h3-7,10,13-15,21,32H,8-9,11-12H2,1-2H3;1H. The Kier molecular flexibility index (Phi) is 7.77. The van der Waals surface area contributed by atoms with Crippen LogP contribution in [0.15, 0.2) is 59.1 Å². The van der Waals surface area contributed by atoms with E-state index in [1.54, 1.807) is 44.6 Å². The fraction of sp³-hybridized carbons (Fsp3) is 0.250. The largest absolute Gasteiger partial charge is 0.454 e. The van der Waals surface area contributed by atoms with Crippen LogP contribution in [0.25, 0.3) is 33.6 Å². The monoisotopic (exact) mass is 520 g/mol. The molecule has 0 radical (unpaired) electrons. The Hall–Kier alpha value is -3.93. The summed E-state index contributed by atoms with van der Waals surface area (Å²) in [5.74, 6) is 0.00112. The molecule has 1 fully saturated rings. The van der Waals surface area contributed by atoms with Crippen molar-refractivity contribution in [2.45, 2.75) is 18.9 Å². The number of aromatic nitrogens is 1. The van der Waals surface area contributed by atoms with Crippen LogP contribution in [0.5, 0.6) is 0 Å². The van der Waals surface area contributed by atoms with Crippen LogP contribution in [0.2, 0.25) is 0 Å². The van der Waals surface area contributed by atoms with Crippen molar-refractivity contribution in [1.82, 2.24) is 9.88 Å². The van der Waals surface area contributed by atoms with E-state index in [-0.39, 0.29) is 35.6 Å². The summed E-state index contributed by atoms with van der Waals surface area (Å²) in [6, 6.07) is 16.0. The van der Waals surface area contributed by atoms with Crippen molar-refractivity contribution in [1.29, 1.82) is 5.26 Å². The van der Waals surface area contributed by atoms with Crippen LogP contribution in [0.3, 0.4) is 0 Å². The number of amides is 1. The number of nitrogens with zero attached hydrogens (tertiary/aromatic N) is 3. The summed E-state index contributed by atoms with van der Waals surface area (Å²) in [7, 11) is 3.41. The molecule has 0 spiro atoms. The van der Waals surface area contributed by atoms with E-state index in [2.05, 4.69) is 16.4 Å². The maximum atomic E-state index is 15.2. The zero-order chi connectivity index (χ0) is 25.2. The zero-order valence-electron chi connectivity index (χ0n) is 20.5. The summed E-state index contributed by atoms with van der Waals surface area (Å²) in [5.41, 5.74) is 4.08. The predicted octanol–water partition coefficient (Wildman–Crippen LogP) is 5.89. The van der Waals surface area contributed by atoms with Crippen LogP contribution < -0.4 is 5.32 Å². The van der Waals surface area contributed by atoms with E-state index >= 15 is 4.39 Å². The molecule has 2 aromatic carbocycles. The molecule has 3 heterocycles. The Morgan fingerprint density at radius 1 is 1.11 bits per heavy atom. The number of furan rings is 1. The molecule has 0 saturated carbocycles. The number of ether oxygens (including phenoxy) is 1. The topological polar surface area (TPSA) is 91.4 Å². The molecule has 1 aliphatic rings. The molecule has 0 unspecified atom stereocenters. The number of hydrogen-bond donors (Lipinski definition) is 1. The first kappa shape index (κ1) is 26.1. The van der Waals surface area contributed by atoms with Crippen molar-refractivity contribution in [2.75, 3.05) is 32.6 Å². The number of fused-ring (bicyclic) bond motifs is 1. The average Bonchev–Trinajstić information content (AvgIpc) is 3.34. The Bertz CT molecular complexity index is 1470. The lowest BCUT2D eigenvalue weighted by molar-refractivity contribution is 0.0827. The molecule has 0 atom stereocenters. The van der Waals surface area contributed by atoms with Gasteiger partial charge < -0.3 is 19.4 Å². The molecule has 1 aliphatic heterocycles. The van der Waals surface area contributed by atoms with Crippen molar-refractivity contribution in [3.8, 4) is 28.5 Å². The Labute approximate surface area is 220 Å². The lowest BCUT2D eigenvalue weighted by atomic mass is 10.0. The molecule has 37 heavy (non-hydrogen) atoms. The number of carbonyl (C=O) groups is 1. The van der Waals surface area contributed by atoms with Gasteiger partial charge >= 0.3 is 0 Å². The lowest BCUT2D eigenvalue weighted by Crippen LogP contribution is -2.28. The number of rotatable bonds is 5. The summed E-state index contributed by atoms with van der Waals surface area (Å²) < 4.78 is 26.8. The number of nitrogens with one attached hydrogen (secondary N) is 1. The molecule has 4 aromatic rings. The van der Waals surface area contributed by atoms with Gasteiger partial charge in [0.05, 0.1) is 11.3 Å². The third-order valence-corrected chi connectivity index (χ3v) is 6.33. The molecule has 1 N–H and O–H groups in total. The molecule has 2 aromatic heterocycles. The number of carbonyl (C=O) groups excluding carboxylic acids is 1. The highest BCUT2D eigenvalue weighted by Crippen LogP contribution is 2.36. The molecule has 7 nitrogen and oxygen atoms in total. The van der Waals surface area contributed by atoms with Gasteiger partial charge in [0.1, 0.15) is 23.2 Å². The lowest BCUT2D eigenvalue weighted by Gasteiger charge is -2.25. The molecule has 0 bridgehead atoms. The smallest absolute Gasteiger partial charge is 0.253 e. The highest BCUT2D eigenvalue weighted by Gasteiger charge is 2.20. The Morgan fingerprint density at radius 3 is 2.51 bits per heavy atom. The predicted molar refractivity (Wildman–Crippen MR) is 142 cm³/mol. The van der Waals surface area contributed by atoms with Crippen molar-refractivity contribution < 1.29 is 18.3 Å². The highest BCUT2D eigenvalue weighted by atomic mass is 35.5. The molecular weight excluding hydrogens is 495 g/mol. The van der Waals surface area contributed by atoms with Gasteiger partial charge in [0.15, 0.2) is 5.58 Å². The van der Waals surface area contributed by atoms with Gasteiger partial charge in [0.2, 0.25) is 0 Å². The van der Waals surface area contributed by atoms with Gasteiger partial charge in [0, 0.05) is 62.3 Å². The van der Waals surface area contributed by atoms with E-state index < -0.39 is 5.82 Å². The van der Waals surface area contributed by atoms with Crippen LogP contribution >= 0.6 is 12.4 Å². The second-order valence-electron chi connectivity index (χ2n) is 8.98. The minimum atomic E-state index is -0.492. The fourth-order valence-corrected chi connectivity index (χ4v) is 4.39. The molecule has 190 valence electrons. The SMILES string of the molecule is CN(C)C(=O)c1ccc(-c2cc3nccc(-c4cc(F)c(NC5CCOCC5)c(C#N)c4)c3o2)cc1.Cl. The summed E-state index contributed by atoms with van der Waals surface area (Å²) in [4.78, 5) is 18.1. The van der Waals surface area contributed by atoms with E-state index in [1.165, 1.54) is 11.0 Å². The first-order chi connectivity index (χ1) is 17.4. The number of hydrogen-bond acceptors (Lipinski definition) is 6. The van der Waals surface area contributed by atoms with Crippen molar-refractivity contribution in [3.63, 3.8) is 0 Å². The fourth-order valence-electron chi connectivity index (χ4n) is 4.39. The molecule has 5 rings (SSSR count). The summed E-state index contributed by atoms with van der Waals surface area (Å²) in [6.07, 6.45) is 3.15. The van der Waals surface area contributed by atoms with Crippen LogP contribution in [-0.2, 0) is 4.74 Å².